The molecule has 0 aliphatic carbocycles. The number of nitrogens with two attached hydrogens (primary N) is 1. The van der Waals surface area contributed by atoms with E-state index in [2.05, 4.69) is 5.32 Å². The van der Waals surface area contributed by atoms with Crippen LogP contribution in [0, 0.1) is 6.92 Å². The molecule has 18 heavy (non-hydrogen) atoms. The van der Waals surface area contributed by atoms with Crippen molar-refractivity contribution in [3.63, 3.8) is 0 Å². The first-order chi connectivity index (χ1) is 8.47. The van der Waals surface area contributed by atoms with Crippen LogP contribution in [0.25, 0.3) is 0 Å². The Morgan fingerprint density at radius 2 is 2.22 bits per heavy atom. The van der Waals surface area contributed by atoms with Gasteiger partial charge in [-0.3, -0.25) is 9.69 Å². The minimum absolute atomic E-state index is 0.0332. The van der Waals surface area contributed by atoms with Crippen molar-refractivity contribution in [3.8, 4) is 0 Å². The number of rotatable bonds is 5. The molecule has 0 saturated carbocycles. The lowest BCUT2D eigenvalue weighted by atomic mass is 10.1. The van der Waals surface area contributed by atoms with Crippen molar-refractivity contribution in [2.24, 2.45) is 0 Å². The number of nitrogens with one attached hydrogen (secondary N) is 1. The highest BCUT2D eigenvalue weighted by atomic mass is 16.3. The standard InChI is InChI=1S/C13H21N3O2/c1-9-11(14)5-4-6-12(9)15-13(18)10(2)16(3)7-8-17/h4-6,10,17H,7-8,14H2,1-3H3,(H,15,18). The van der Waals surface area contributed by atoms with E-state index < -0.39 is 0 Å². The summed E-state index contributed by atoms with van der Waals surface area (Å²) in [5.41, 5.74) is 8.03. The van der Waals surface area contributed by atoms with Gasteiger partial charge in [-0.25, -0.2) is 0 Å². The van der Waals surface area contributed by atoms with Gasteiger partial charge in [-0.2, -0.15) is 0 Å². The average Bonchev–Trinajstić information content (AvgIpc) is 2.34. The SMILES string of the molecule is Cc1c(N)cccc1NC(=O)C(C)N(C)CCO. The number of aliphatic hydroxyl groups is 1. The van der Waals surface area contributed by atoms with Gasteiger partial charge in [-0.1, -0.05) is 6.07 Å². The molecule has 1 unspecified atom stereocenters. The third-order valence-electron chi connectivity index (χ3n) is 3.13. The van der Waals surface area contributed by atoms with Crippen LogP contribution in [-0.2, 0) is 4.79 Å². The van der Waals surface area contributed by atoms with E-state index in [9.17, 15) is 4.79 Å². The third-order valence-corrected chi connectivity index (χ3v) is 3.13. The first-order valence-corrected chi connectivity index (χ1v) is 5.94. The lowest BCUT2D eigenvalue weighted by Crippen LogP contribution is -2.41. The Balaban J connectivity index is 2.72. The smallest absolute Gasteiger partial charge is 0.241 e. The summed E-state index contributed by atoms with van der Waals surface area (Å²) in [6.07, 6.45) is 0. The normalized spacial score (nSPS) is 12.5. The van der Waals surface area contributed by atoms with E-state index in [0.717, 1.165) is 11.3 Å². The summed E-state index contributed by atoms with van der Waals surface area (Å²) in [6, 6.07) is 5.12. The zero-order valence-electron chi connectivity index (χ0n) is 11.1. The van der Waals surface area contributed by atoms with E-state index in [4.69, 9.17) is 10.8 Å². The van der Waals surface area contributed by atoms with Gasteiger partial charge in [0, 0.05) is 17.9 Å². The predicted molar refractivity (Wildman–Crippen MR) is 73.4 cm³/mol. The van der Waals surface area contributed by atoms with Crippen molar-refractivity contribution in [1.82, 2.24) is 4.90 Å². The molecule has 1 amide bonds. The van der Waals surface area contributed by atoms with E-state index in [1.807, 2.05) is 13.0 Å². The maximum absolute atomic E-state index is 12.0. The number of nitrogen functional groups attached to an aromatic ring is 1. The minimum atomic E-state index is -0.307. The molecule has 0 radical (unpaired) electrons. The monoisotopic (exact) mass is 251 g/mol. The van der Waals surface area contributed by atoms with E-state index >= 15 is 0 Å². The van der Waals surface area contributed by atoms with Crippen molar-refractivity contribution in [2.75, 3.05) is 31.2 Å². The second kappa shape index (κ2) is 6.37. The molecule has 1 atom stereocenters. The summed E-state index contributed by atoms with van der Waals surface area (Å²) in [4.78, 5) is 13.8. The molecule has 0 heterocycles. The molecule has 5 nitrogen and oxygen atoms in total. The van der Waals surface area contributed by atoms with Crippen LogP contribution in [0.3, 0.4) is 0 Å². The zero-order chi connectivity index (χ0) is 13.7. The highest BCUT2D eigenvalue weighted by Gasteiger charge is 2.18. The maximum Gasteiger partial charge on any atom is 0.241 e. The molecule has 1 aromatic rings. The zero-order valence-corrected chi connectivity index (χ0v) is 11.1. The van der Waals surface area contributed by atoms with Crippen LogP contribution in [0.2, 0.25) is 0 Å². The van der Waals surface area contributed by atoms with Crippen LogP contribution in [0.1, 0.15) is 12.5 Å². The average molecular weight is 251 g/mol. The van der Waals surface area contributed by atoms with Gasteiger partial charge in [0.05, 0.1) is 12.6 Å². The summed E-state index contributed by atoms with van der Waals surface area (Å²) in [5, 5.41) is 11.7. The molecule has 1 rings (SSSR count). The lowest BCUT2D eigenvalue weighted by molar-refractivity contribution is -0.120. The quantitative estimate of drug-likeness (QED) is 0.677. The van der Waals surface area contributed by atoms with Gasteiger partial charge in [0.15, 0.2) is 0 Å². The van der Waals surface area contributed by atoms with Gasteiger partial charge in [0.2, 0.25) is 5.91 Å². The molecule has 5 heteroatoms. The molecule has 0 aliphatic heterocycles. The van der Waals surface area contributed by atoms with Crippen LogP contribution in [0.5, 0.6) is 0 Å². The first-order valence-electron chi connectivity index (χ1n) is 5.94. The van der Waals surface area contributed by atoms with E-state index in [1.165, 1.54) is 0 Å². The number of amides is 1. The second-order valence-corrected chi connectivity index (χ2v) is 4.39. The summed E-state index contributed by atoms with van der Waals surface area (Å²) >= 11 is 0. The summed E-state index contributed by atoms with van der Waals surface area (Å²) in [6.45, 7) is 4.16. The van der Waals surface area contributed by atoms with Gasteiger partial charge < -0.3 is 16.2 Å². The van der Waals surface area contributed by atoms with Crippen LogP contribution < -0.4 is 11.1 Å². The topological polar surface area (TPSA) is 78.6 Å². The number of anilines is 2. The van der Waals surface area contributed by atoms with E-state index in [0.29, 0.717) is 12.2 Å². The van der Waals surface area contributed by atoms with Gasteiger partial charge in [0.25, 0.3) is 0 Å². The van der Waals surface area contributed by atoms with Gasteiger partial charge in [0.1, 0.15) is 0 Å². The summed E-state index contributed by atoms with van der Waals surface area (Å²) in [5.74, 6) is -0.111. The maximum atomic E-state index is 12.0. The molecule has 1 aromatic carbocycles. The number of hydrogen-bond acceptors (Lipinski definition) is 4. The van der Waals surface area contributed by atoms with Crippen LogP contribution >= 0.6 is 0 Å². The fourth-order valence-corrected chi connectivity index (χ4v) is 1.58. The van der Waals surface area contributed by atoms with Crippen molar-refractivity contribution < 1.29 is 9.90 Å². The van der Waals surface area contributed by atoms with Gasteiger partial charge in [-0.15, -0.1) is 0 Å². The number of benzene rings is 1. The molecule has 0 aromatic heterocycles. The Hall–Kier alpha value is -1.59. The summed E-state index contributed by atoms with van der Waals surface area (Å²) in [7, 11) is 1.80. The Kier molecular flexibility index (Phi) is 5.12. The Labute approximate surface area is 108 Å². The van der Waals surface area contributed by atoms with Crippen molar-refractivity contribution >= 4 is 17.3 Å². The first kappa shape index (κ1) is 14.5. The van der Waals surface area contributed by atoms with Gasteiger partial charge in [-0.05, 0) is 38.6 Å². The highest BCUT2D eigenvalue weighted by Crippen LogP contribution is 2.20. The number of carbonyl (C=O) groups is 1. The molecular weight excluding hydrogens is 230 g/mol. The van der Waals surface area contributed by atoms with E-state index in [1.54, 1.807) is 31.0 Å². The fourth-order valence-electron chi connectivity index (χ4n) is 1.58. The van der Waals surface area contributed by atoms with Crippen molar-refractivity contribution in [2.45, 2.75) is 19.9 Å². The van der Waals surface area contributed by atoms with E-state index in [-0.39, 0.29) is 18.6 Å². The molecule has 0 bridgehead atoms. The van der Waals surface area contributed by atoms with Crippen LogP contribution in [0.15, 0.2) is 18.2 Å². The molecule has 0 aliphatic rings. The Morgan fingerprint density at radius 1 is 1.56 bits per heavy atom. The third kappa shape index (κ3) is 3.45. The molecular formula is C13H21N3O2. The lowest BCUT2D eigenvalue weighted by Gasteiger charge is -2.23. The molecule has 0 saturated heterocycles. The van der Waals surface area contributed by atoms with Crippen molar-refractivity contribution in [1.29, 1.82) is 0 Å². The molecule has 0 fully saturated rings. The number of carbonyl (C=O) groups excluding carboxylic acids is 1. The number of aliphatic hydroxyl groups excluding tert-OH is 1. The number of likely N-dealkylation sites (N-methyl/N-ethyl adjacent to an activating group) is 1. The Bertz CT molecular complexity index is 421. The highest BCUT2D eigenvalue weighted by molar-refractivity contribution is 5.95. The van der Waals surface area contributed by atoms with Crippen molar-refractivity contribution in [3.05, 3.63) is 23.8 Å². The van der Waals surface area contributed by atoms with Crippen LogP contribution in [-0.4, -0.2) is 42.2 Å². The largest absolute Gasteiger partial charge is 0.398 e. The minimum Gasteiger partial charge on any atom is -0.398 e. The molecule has 0 spiro atoms. The molecule has 4 N–H and O–H groups in total. The molecule has 100 valence electrons. The fraction of sp³-hybridized carbons (Fsp3) is 0.462. The van der Waals surface area contributed by atoms with Crippen LogP contribution in [0.4, 0.5) is 11.4 Å². The number of nitrogens with zero attached hydrogens (tertiary/aromatic N) is 1. The Morgan fingerprint density at radius 3 is 2.83 bits per heavy atom. The second-order valence-electron chi connectivity index (χ2n) is 4.39. The van der Waals surface area contributed by atoms with Gasteiger partial charge >= 0.3 is 0 Å². The summed E-state index contributed by atoms with van der Waals surface area (Å²) < 4.78 is 0. The number of hydrogen-bond donors (Lipinski definition) is 3. The predicted octanol–water partition coefficient (Wildman–Crippen LogP) is 0.828.